The Morgan fingerprint density at radius 1 is 0.477 bits per heavy atom. The number of halogens is 4. The van der Waals surface area contributed by atoms with Gasteiger partial charge in [-0.1, -0.05) is 99.7 Å². The van der Waals surface area contributed by atoms with Crippen LogP contribution in [0.1, 0.15) is 62.5 Å². The number of nitrogens with one attached hydrogen (secondary N) is 1. The number of aromatic amines is 1. The van der Waals surface area contributed by atoms with Gasteiger partial charge >= 0.3 is 11.9 Å². The molecule has 0 atom stereocenters. The number of methoxy groups -OCH3 is 2. The lowest BCUT2D eigenvalue weighted by Gasteiger charge is -2.11. The summed E-state index contributed by atoms with van der Waals surface area (Å²) in [7, 11) is 11.2. The zero-order valence-electron chi connectivity index (χ0n) is 50.9. The average Bonchev–Trinajstić information content (AvgIpc) is 3.67. The number of benzene rings is 6. The molecule has 0 saturated carbocycles. The van der Waals surface area contributed by atoms with Gasteiger partial charge in [0, 0.05) is 77.9 Å². The van der Waals surface area contributed by atoms with Crippen LogP contribution in [-0.2, 0) is 33.7 Å². The van der Waals surface area contributed by atoms with Crippen LogP contribution in [0.25, 0.3) is 22.1 Å². The monoisotopic (exact) mass is 1440 g/mol. The van der Waals surface area contributed by atoms with Crippen LogP contribution in [-0.4, -0.2) is 55.6 Å². The Hall–Kier alpha value is -7.78. The van der Waals surface area contributed by atoms with Crippen molar-refractivity contribution in [3.63, 3.8) is 0 Å². The molecule has 0 spiro atoms. The molecule has 0 saturated heterocycles. The molecule has 4 aromatic heterocycles. The van der Waals surface area contributed by atoms with Gasteiger partial charge in [-0.25, -0.2) is 27.8 Å². The fourth-order valence-electron chi connectivity index (χ4n) is 9.30. The summed E-state index contributed by atoms with van der Waals surface area (Å²) in [6, 6.07) is 60.3. The van der Waals surface area contributed by atoms with E-state index in [0.717, 1.165) is 112 Å². The molecule has 6 aromatic carbocycles. The van der Waals surface area contributed by atoms with E-state index >= 15 is 0 Å². The fourth-order valence-corrected chi connectivity index (χ4v) is 9.69. The number of rotatable bonds is 25. The number of nitrogens with zero attached hydrogens (tertiary/aromatic N) is 13. The first kappa shape index (κ1) is 71.0. The van der Waals surface area contributed by atoms with Crippen LogP contribution in [0.4, 0.5) is 34.6 Å². The summed E-state index contributed by atoms with van der Waals surface area (Å²) in [6.45, 7) is 2.99. The number of imidazole rings is 2. The molecule has 0 aliphatic rings. The van der Waals surface area contributed by atoms with Gasteiger partial charge in [-0.15, -0.1) is 0 Å². The van der Waals surface area contributed by atoms with Crippen molar-refractivity contribution < 1.29 is 78.7 Å². The molecule has 16 nitrogen and oxygen atoms in total. The van der Waals surface area contributed by atoms with Crippen LogP contribution in [0.15, 0.2) is 237 Å². The first-order valence-electron chi connectivity index (χ1n) is 28.9. The Kier molecular flexibility index (Phi) is 31.0. The highest BCUT2D eigenvalue weighted by atomic mass is 79.9. The summed E-state index contributed by atoms with van der Waals surface area (Å²) in [6.07, 6.45) is 22.0. The standard InChI is InChI=1S/C34H39N7O.C19H25BrN3.C15H14N4O.3BrH/c1-38-32-15-9-10-16-33(32)41(34(38)37-36-29-17-19-31(42-3)20-18-29)24-12-5-4-11-23-40-25-21-28(22-26-40)27-35-39(2)30-13-7-6-8-14-30;1-22(19-9-5-4-6-10-19)21-17-18-11-15-23(16-12-18)14-8-3-2-7-13-20;1-19-14-6-4-3-5-13(14)16-15(19)18-17-11-7-9-12(20-2)10-8-11;;;/h6-10,13-22,25-27H,4-5,11-12,23-24H2,1-3H3;4-6,9-12,15-17H,2-3,7-8,13-14H2,1H3;3-10H,1-2H3;3*1H/q+2;+1;;;;/p-2. The number of azo groups is 2. The number of hydrazone groups is 2. The molecule has 0 aliphatic carbocycles. The molecule has 20 heteroatoms. The van der Waals surface area contributed by atoms with Crippen molar-refractivity contribution in [3.05, 3.63) is 218 Å². The fraction of sp³-hybridized carbons (Fsp3) is 0.265. The minimum Gasteiger partial charge on any atom is -1.00 e. The second-order valence-electron chi connectivity index (χ2n) is 20.3. The highest BCUT2D eigenvalue weighted by Crippen LogP contribution is 2.25. The van der Waals surface area contributed by atoms with Crippen LogP contribution >= 0.6 is 15.9 Å². The summed E-state index contributed by atoms with van der Waals surface area (Å²) < 4.78 is 21.2. The van der Waals surface area contributed by atoms with Crippen LogP contribution in [0.2, 0.25) is 0 Å². The highest BCUT2D eigenvalue weighted by molar-refractivity contribution is 9.09. The summed E-state index contributed by atoms with van der Waals surface area (Å²) in [4.78, 5) is 3.23. The molecule has 88 heavy (non-hydrogen) atoms. The molecule has 10 rings (SSSR count). The van der Waals surface area contributed by atoms with E-state index < -0.39 is 0 Å². The molecule has 460 valence electrons. The molecule has 0 fully saturated rings. The van der Waals surface area contributed by atoms with E-state index in [2.05, 4.69) is 150 Å². The second-order valence-corrected chi connectivity index (χ2v) is 21.1. The molecule has 0 unspecified atom stereocenters. The third-order valence-corrected chi connectivity index (χ3v) is 14.8. The Labute approximate surface area is 558 Å². The number of alkyl halides is 1. The molecule has 1 N–H and O–H groups in total. The van der Waals surface area contributed by atoms with Gasteiger partial charge in [0.1, 0.15) is 58.0 Å². The minimum atomic E-state index is 0. The van der Waals surface area contributed by atoms with Gasteiger partial charge in [0.2, 0.25) is 0 Å². The third-order valence-electron chi connectivity index (χ3n) is 14.3. The lowest BCUT2D eigenvalue weighted by Crippen LogP contribution is -3.00. The van der Waals surface area contributed by atoms with Gasteiger partial charge in [0.25, 0.3) is 0 Å². The summed E-state index contributed by atoms with van der Waals surface area (Å²) in [5.41, 5.74) is 10.4. The van der Waals surface area contributed by atoms with E-state index in [-0.39, 0.29) is 50.9 Å². The third kappa shape index (κ3) is 21.8. The summed E-state index contributed by atoms with van der Waals surface area (Å²) in [5, 5.41) is 31.6. The van der Waals surface area contributed by atoms with E-state index in [0.29, 0.717) is 5.95 Å². The lowest BCUT2D eigenvalue weighted by molar-refractivity contribution is -0.697. The molecule has 0 aliphatic heterocycles. The molecular weight excluding hydrogens is 1360 g/mol. The number of aryl methyl sites for hydroxylation is 5. The van der Waals surface area contributed by atoms with Crippen molar-refractivity contribution in [2.45, 2.75) is 71.0 Å². The van der Waals surface area contributed by atoms with Crippen molar-refractivity contribution in [2.75, 3.05) is 43.7 Å². The van der Waals surface area contributed by atoms with Crippen molar-refractivity contribution in [1.29, 1.82) is 0 Å². The number of aromatic nitrogens is 6. The van der Waals surface area contributed by atoms with Crippen molar-refractivity contribution in [2.24, 2.45) is 44.8 Å². The van der Waals surface area contributed by atoms with Gasteiger partial charge < -0.3 is 60.4 Å². The molecule has 0 radical (unpaired) electrons. The SMILES string of the molecule is CN(/N=C\c1cc[n+](CCCCCCBr)cc1)c1ccccc1.COc1ccc(N=Nc2[nH]c3ccccc3[n+]2C)cc1.COc1ccc(N=Nc2n(CCCCCC[n+]3ccc(/C=N\N(C)c4ccccc4)cc3)c3ccccc3[n+]2C)cc1.[Br-].[Br-].[Br-]. The quantitative estimate of drug-likeness (QED) is 0.0195. The maximum atomic E-state index is 5.25. The number of ether oxygens (including phenoxy) is 2. The van der Waals surface area contributed by atoms with Crippen LogP contribution in [0.5, 0.6) is 11.5 Å². The zero-order chi connectivity index (χ0) is 59.4. The second kappa shape index (κ2) is 38.5. The van der Waals surface area contributed by atoms with Gasteiger partial charge in [-0.2, -0.15) is 10.2 Å². The lowest BCUT2D eigenvalue weighted by atomic mass is 10.2. The summed E-state index contributed by atoms with van der Waals surface area (Å²) in [5.74, 6) is 3.17. The van der Waals surface area contributed by atoms with Gasteiger partial charge in [0.15, 0.2) is 24.8 Å². The first-order valence-corrected chi connectivity index (χ1v) is 30.1. The molecule has 0 bridgehead atoms. The van der Waals surface area contributed by atoms with Crippen LogP contribution < -0.4 is 88.7 Å². The van der Waals surface area contributed by atoms with Crippen LogP contribution in [0, 0.1) is 0 Å². The normalized spacial score (nSPS) is 11.0. The Morgan fingerprint density at radius 2 is 0.920 bits per heavy atom. The zero-order valence-corrected chi connectivity index (χ0v) is 57.3. The molecular formula is C68H79Br4N14O2+. The maximum absolute atomic E-state index is 5.25. The number of anilines is 2. The topological polar surface area (TPSA) is 135 Å². The maximum Gasteiger partial charge on any atom is 0.422 e. The molecule has 0 amide bonds. The predicted octanol–water partition coefficient (Wildman–Crippen LogP) is 5.74. The van der Waals surface area contributed by atoms with E-state index in [1.54, 1.807) is 14.2 Å². The van der Waals surface area contributed by atoms with Crippen molar-refractivity contribution in [1.82, 2.24) is 9.55 Å². The number of hydrogen-bond donors (Lipinski definition) is 1. The minimum absolute atomic E-state index is 0. The van der Waals surface area contributed by atoms with Crippen molar-refractivity contribution >= 4 is 85.1 Å². The Morgan fingerprint density at radius 3 is 1.41 bits per heavy atom. The van der Waals surface area contributed by atoms with Gasteiger partial charge in [-0.3, -0.25) is 10.0 Å². The number of H-pyrrole nitrogens is 1. The van der Waals surface area contributed by atoms with Crippen LogP contribution in [0.3, 0.4) is 0 Å². The summed E-state index contributed by atoms with van der Waals surface area (Å²) >= 11 is 3.47. The van der Waals surface area contributed by atoms with E-state index in [1.165, 1.54) is 37.6 Å². The Balaban J connectivity index is 0.000000260. The average molecular weight is 1440 g/mol. The largest absolute Gasteiger partial charge is 1.00 e. The number of fused-ring (bicyclic) bond motifs is 2. The van der Waals surface area contributed by atoms with E-state index in [9.17, 15) is 0 Å². The molecule has 10 aromatic rings. The number of unbranched alkanes of at least 4 members (excludes halogenated alkanes) is 6. The smallest absolute Gasteiger partial charge is 0.422 e. The molecule has 4 heterocycles. The van der Waals surface area contributed by atoms with E-state index in [1.807, 2.05) is 182 Å². The van der Waals surface area contributed by atoms with Gasteiger partial charge in [0.05, 0.1) is 58.7 Å². The predicted molar refractivity (Wildman–Crippen MR) is 346 cm³/mol. The number of para-hydroxylation sites is 6. The van der Waals surface area contributed by atoms with Gasteiger partial charge in [-0.05, 0) is 123 Å². The Bertz CT molecular complexity index is 3720. The number of pyridine rings is 2. The van der Waals surface area contributed by atoms with E-state index in [4.69, 9.17) is 9.47 Å². The highest BCUT2D eigenvalue weighted by Gasteiger charge is 2.22. The number of hydrogen-bond acceptors (Lipinski definition) is 10. The first-order chi connectivity index (χ1) is 41.7. The van der Waals surface area contributed by atoms with Crippen molar-refractivity contribution in [3.8, 4) is 11.5 Å².